The SMILES string of the molecule is C[C@H](NC(=O)[C@H]1C[C@@]12CCOc1ccc(F)cc12)c1ccc(-n2cncn2)cc1. The maximum absolute atomic E-state index is 13.8. The van der Waals surface area contributed by atoms with E-state index in [1.54, 1.807) is 17.1 Å². The van der Waals surface area contributed by atoms with Crippen molar-refractivity contribution in [2.24, 2.45) is 5.92 Å². The lowest BCUT2D eigenvalue weighted by molar-refractivity contribution is -0.123. The normalized spacial score (nSPS) is 23.2. The number of aromatic nitrogens is 3. The van der Waals surface area contributed by atoms with Crippen molar-refractivity contribution in [2.75, 3.05) is 6.61 Å². The van der Waals surface area contributed by atoms with Crippen molar-refractivity contribution in [3.8, 4) is 11.4 Å². The van der Waals surface area contributed by atoms with Gasteiger partial charge in [-0.2, -0.15) is 5.10 Å². The number of ether oxygens (including phenoxy) is 1. The third-order valence-electron chi connectivity index (χ3n) is 6.11. The average Bonchev–Trinajstić information content (AvgIpc) is 3.18. The summed E-state index contributed by atoms with van der Waals surface area (Å²) in [4.78, 5) is 16.9. The third kappa shape index (κ3) is 3.06. The second-order valence-electron chi connectivity index (χ2n) is 7.81. The number of rotatable bonds is 4. The monoisotopic (exact) mass is 392 g/mol. The highest BCUT2D eigenvalue weighted by Crippen LogP contribution is 2.60. The lowest BCUT2D eigenvalue weighted by Crippen LogP contribution is -2.32. The molecule has 0 bridgehead atoms. The predicted molar refractivity (Wildman–Crippen MR) is 104 cm³/mol. The molecule has 0 radical (unpaired) electrons. The van der Waals surface area contributed by atoms with Gasteiger partial charge in [-0.1, -0.05) is 12.1 Å². The molecule has 2 heterocycles. The lowest BCUT2D eigenvalue weighted by atomic mass is 9.87. The van der Waals surface area contributed by atoms with Crippen LogP contribution in [0.15, 0.2) is 55.1 Å². The molecule has 1 aromatic heterocycles. The number of carbonyl (C=O) groups is 1. The minimum absolute atomic E-state index is 0.00923. The Hall–Kier alpha value is -3.22. The maximum Gasteiger partial charge on any atom is 0.224 e. The maximum atomic E-state index is 13.8. The van der Waals surface area contributed by atoms with Crippen LogP contribution < -0.4 is 10.1 Å². The van der Waals surface area contributed by atoms with Crippen molar-refractivity contribution < 1.29 is 13.9 Å². The summed E-state index contributed by atoms with van der Waals surface area (Å²) < 4.78 is 21.1. The first-order valence-corrected chi connectivity index (χ1v) is 9.75. The number of fused-ring (bicyclic) bond motifs is 2. The van der Waals surface area contributed by atoms with Crippen molar-refractivity contribution in [1.29, 1.82) is 0 Å². The van der Waals surface area contributed by atoms with E-state index in [2.05, 4.69) is 15.4 Å². The molecule has 6 nitrogen and oxygen atoms in total. The van der Waals surface area contributed by atoms with Crippen molar-refractivity contribution in [3.05, 3.63) is 72.1 Å². The van der Waals surface area contributed by atoms with Crippen molar-refractivity contribution in [1.82, 2.24) is 20.1 Å². The summed E-state index contributed by atoms with van der Waals surface area (Å²) in [6, 6.07) is 12.3. The molecule has 1 amide bonds. The Balaban J connectivity index is 1.29. The van der Waals surface area contributed by atoms with E-state index in [0.717, 1.165) is 29.7 Å². The molecule has 148 valence electrons. The summed E-state index contributed by atoms with van der Waals surface area (Å²) in [5.41, 5.74) is 2.45. The van der Waals surface area contributed by atoms with E-state index >= 15 is 0 Å². The topological polar surface area (TPSA) is 69.0 Å². The molecule has 2 aromatic carbocycles. The number of amides is 1. The van der Waals surface area contributed by atoms with Crippen LogP contribution in [0.2, 0.25) is 0 Å². The van der Waals surface area contributed by atoms with Crippen LogP contribution in [0.1, 0.15) is 36.9 Å². The highest BCUT2D eigenvalue weighted by molar-refractivity contribution is 5.85. The van der Waals surface area contributed by atoms with Gasteiger partial charge in [-0.3, -0.25) is 4.79 Å². The highest BCUT2D eigenvalue weighted by atomic mass is 19.1. The Morgan fingerprint density at radius 2 is 2.14 bits per heavy atom. The zero-order valence-corrected chi connectivity index (χ0v) is 16.0. The third-order valence-corrected chi connectivity index (χ3v) is 6.11. The van der Waals surface area contributed by atoms with Crippen LogP contribution in [0.4, 0.5) is 4.39 Å². The van der Waals surface area contributed by atoms with Crippen molar-refractivity contribution in [2.45, 2.75) is 31.2 Å². The fourth-order valence-corrected chi connectivity index (χ4v) is 4.37. The summed E-state index contributed by atoms with van der Waals surface area (Å²) in [6.07, 6.45) is 4.60. The van der Waals surface area contributed by atoms with E-state index in [4.69, 9.17) is 4.74 Å². The predicted octanol–water partition coefficient (Wildman–Crippen LogP) is 3.32. The van der Waals surface area contributed by atoms with E-state index in [1.165, 1.54) is 18.5 Å². The summed E-state index contributed by atoms with van der Waals surface area (Å²) >= 11 is 0. The van der Waals surface area contributed by atoms with Crippen LogP contribution in [0.3, 0.4) is 0 Å². The van der Waals surface area contributed by atoms with Gasteiger partial charge in [0.25, 0.3) is 0 Å². The summed E-state index contributed by atoms with van der Waals surface area (Å²) in [7, 11) is 0. The van der Waals surface area contributed by atoms with Gasteiger partial charge < -0.3 is 10.1 Å². The smallest absolute Gasteiger partial charge is 0.224 e. The van der Waals surface area contributed by atoms with Crippen LogP contribution in [0, 0.1) is 11.7 Å². The summed E-state index contributed by atoms with van der Waals surface area (Å²) in [5.74, 6) is 0.268. The second-order valence-corrected chi connectivity index (χ2v) is 7.81. The number of halogens is 1. The van der Waals surface area contributed by atoms with Gasteiger partial charge in [-0.25, -0.2) is 14.1 Å². The molecule has 3 aromatic rings. The molecule has 1 aliphatic heterocycles. The quantitative estimate of drug-likeness (QED) is 0.740. The summed E-state index contributed by atoms with van der Waals surface area (Å²) in [5, 5.41) is 7.23. The number of nitrogens with zero attached hydrogens (tertiary/aromatic N) is 3. The van der Waals surface area contributed by atoms with E-state index < -0.39 is 0 Å². The van der Waals surface area contributed by atoms with Crippen molar-refractivity contribution >= 4 is 5.91 Å². The molecular weight excluding hydrogens is 371 g/mol. The second kappa shape index (κ2) is 6.69. The van der Waals surface area contributed by atoms with E-state index in [1.807, 2.05) is 31.2 Å². The standard InChI is InChI=1S/C22H21FN4O2/c1-14(15-2-5-17(6-3-15)27-13-24-12-25-27)26-21(28)19-11-22(19)8-9-29-20-7-4-16(23)10-18(20)22/h2-7,10,12-14,19H,8-9,11H2,1H3,(H,26,28)/t14-,19+,22+/m0/s1. The zero-order valence-electron chi connectivity index (χ0n) is 16.0. The molecule has 1 saturated carbocycles. The zero-order chi connectivity index (χ0) is 20.0. The first kappa shape index (κ1) is 17.8. The largest absolute Gasteiger partial charge is 0.493 e. The Labute approximate surface area is 167 Å². The number of hydrogen-bond donors (Lipinski definition) is 1. The number of nitrogens with one attached hydrogen (secondary N) is 1. The number of benzene rings is 2. The first-order chi connectivity index (χ1) is 14.1. The Bertz CT molecular complexity index is 1050. The molecule has 3 atom stereocenters. The van der Waals surface area contributed by atoms with Crippen LogP contribution in [0.25, 0.3) is 5.69 Å². The molecule has 1 fully saturated rings. The van der Waals surface area contributed by atoms with Gasteiger partial charge in [0.2, 0.25) is 5.91 Å². The molecule has 1 N–H and O–H groups in total. The van der Waals surface area contributed by atoms with Gasteiger partial charge in [0.1, 0.15) is 24.2 Å². The van der Waals surface area contributed by atoms with Gasteiger partial charge >= 0.3 is 0 Å². The van der Waals surface area contributed by atoms with Gasteiger partial charge in [-0.05, 0) is 55.7 Å². The molecule has 0 saturated heterocycles. The minimum atomic E-state index is -0.295. The Morgan fingerprint density at radius 1 is 1.31 bits per heavy atom. The van der Waals surface area contributed by atoms with E-state index in [-0.39, 0.29) is 29.1 Å². The molecule has 1 aliphatic carbocycles. The molecule has 0 unspecified atom stereocenters. The van der Waals surface area contributed by atoms with Gasteiger partial charge in [0.15, 0.2) is 0 Å². The van der Waals surface area contributed by atoms with Gasteiger partial charge in [-0.15, -0.1) is 0 Å². The van der Waals surface area contributed by atoms with Gasteiger partial charge in [0.05, 0.1) is 18.3 Å². The highest BCUT2D eigenvalue weighted by Gasteiger charge is 2.61. The average molecular weight is 392 g/mol. The fourth-order valence-electron chi connectivity index (χ4n) is 4.37. The molecule has 7 heteroatoms. The molecule has 2 aliphatic rings. The first-order valence-electron chi connectivity index (χ1n) is 9.75. The van der Waals surface area contributed by atoms with E-state index in [0.29, 0.717) is 12.4 Å². The number of hydrogen-bond acceptors (Lipinski definition) is 4. The molecule has 29 heavy (non-hydrogen) atoms. The Morgan fingerprint density at radius 3 is 2.90 bits per heavy atom. The number of carbonyl (C=O) groups excluding carboxylic acids is 1. The van der Waals surface area contributed by atoms with Crippen LogP contribution in [-0.2, 0) is 10.2 Å². The minimum Gasteiger partial charge on any atom is -0.493 e. The fraction of sp³-hybridized carbons (Fsp3) is 0.318. The lowest BCUT2D eigenvalue weighted by Gasteiger charge is -2.27. The van der Waals surface area contributed by atoms with Crippen LogP contribution in [0.5, 0.6) is 5.75 Å². The molecule has 5 rings (SSSR count). The Kier molecular flexibility index (Phi) is 4.12. The van der Waals surface area contributed by atoms with Gasteiger partial charge in [0, 0.05) is 16.9 Å². The van der Waals surface area contributed by atoms with Crippen LogP contribution >= 0.6 is 0 Å². The van der Waals surface area contributed by atoms with Crippen LogP contribution in [-0.4, -0.2) is 27.3 Å². The van der Waals surface area contributed by atoms with E-state index in [9.17, 15) is 9.18 Å². The summed E-state index contributed by atoms with van der Waals surface area (Å²) in [6.45, 7) is 2.52. The molecule has 1 spiro atoms. The molecular formula is C22H21FN4O2. The van der Waals surface area contributed by atoms with Crippen molar-refractivity contribution in [3.63, 3.8) is 0 Å².